The predicted octanol–water partition coefficient (Wildman–Crippen LogP) is 2.91. The molecule has 1 aliphatic heterocycles. The fourth-order valence-corrected chi connectivity index (χ4v) is 3.23. The number of amides is 1. The molecule has 1 aromatic heterocycles. The highest BCUT2D eigenvalue weighted by molar-refractivity contribution is 5.92. The van der Waals surface area contributed by atoms with Crippen LogP contribution < -0.4 is 5.32 Å². The average Bonchev–Trinajstić information content (AvgIpc) is 3.10. The number of carbonyl (C=O) groups excluding carboxylic acids is 1. The Hall–Kier alpha value is -2.21. The zero-order valence-electron chi connectivity index (χ0n) is 13.7. The van der Waals surface area contributed by atoms with Gasteiger partial charge in [0.25, 0.3) is 0 Å². The molecule has 1 aliphatic rings. The Kier molecular flexibility index (Phi) is 5.59. The van der Waals surface area contributed by atoms with Crippen LogP contribution in [0.25, 0.3) is 0 Å². The molecule has 2 aromatic rings. The summed E-state index contributed by atoms with van der Waals surface area (Å²) in [5.74, 6) is -0.352. The van der Waals surface area contributed by atoms with Gasteiger partial charge in [-0.2, -0.15) is 5.10 Å². The SMILES string of the molecule is O=C(CN1CCCC[C@@H]1CCn1cccn1)Nc1ccc(F)cc1. The number of hydrogen-bond acceptors (Lipinski definition) is 3. The lowest BCUT2D eigenvalue weighted by atomic mass is 9.99. The fourth-order valence-electron chi connectivity index (χ4n) is 3.23. The van der Waals surface area contributed by atoms with E-state index in [2.05, 4.69) is 15.3 Å². The van der Waals surface area contributed by atoms with Crippen LogP contribution in [0.5, 0.6) is 0 Å². The topological polar surface area (TPSA) is 50.2 Å². The van der Waals surface area contributed by atoms with Crippen LogP contribution in [0.3, 0.4) is 0 Å². The number of aromatic nitrogens is 2. The Morgan fingerprint density at radius 2 is 2.12 bits per heavy atom. The van der Waals surface area contributed by atoms with Crippen molar-refractivity contribution in [2.45, 2.75) is 38.3 Å². The first-order valence-corrected chi connectivity index (χ1v) is 8.47. The number of likely N-dealkylation sites (tertiary alicyclic amines) is 1. The average molecular weight is 330 g/mol. The molecule has 1 atom stereocenters. The normalized spacial score (nSPS) is 18.5. The van der Waals surface area contributed by atoms with Gasteiger partial charge >= 0.3 is 0 Å². The lowest BCUT2D eigenvalue weighted by Crippen LogP contribution is -2.44. The van der Waals surface area contributed by atoms with Gasteiger partial charge in [0.05, 0.1) is 6.54 Å². The molecular weight excluding hydrogens is 307 g/mol. The number of benzene rings is 1. The minimum absolute atomic E-state index is 0.0485. The van der Waals surface area contributed by atoms with Crippen molar-refractivity contribution in [3.63, 3.8) is 0 Å². The number of rotatable bonds is 6. The second-order valence-corrected chi connectivity index (χ2v) is 6.23. The summed E-state index contributed by atoms with van der Waals surface area (Å²) in [5.41, 5.74) is 0.631. The molecular formula is C18H23FN4O. The van der Waals surface area contributed by atoms with Gasteiger partial charge in [0.1, 0.15) is 5.82 Å². The lowest BCUT2D eigenvalue weighted by molar-refractivity contribution is -0.118. The van der Waals surface area contributed by atoms with Gasteiger partial charge in [-0.05, 0) is 56.1 Å². The van der Waals surface area contributed by atoms with Gasteiger partial charge in [-0.3, -0.25) is 14.4 Å². The van der Waals surface area contributed by atoms with Gasteiger partial charge in [-0.1, -0.05) is 6.42 Å². The summed E-state index contributed by atoms with van der Waals surface area (Å²) in [6.07, 6.45) is 8.20. The smallest absolute Gasteiger partial charge is 0.238 e. The molecule has 0 saturated carbocycles. The van der Waals surface area contributed by atoms with Crippen molar-refractivity contribution in [1.29, 1.82) is 0 Å². The Bertz CT molecular complexity index is 642. The van der Waals surface area contributed by atoms with E-state index in [0.717, 1.165) is 32.4 Å². The third-order valence-corrected chi connectivity index (χ3v) is 4.47. The molecule has 6 heteroatoms. The van der Waals surface area contributed by atoms with Crippen LogP contribution in [0, 0.1) is 5.82 Å². The van der Waals surface area contributed by atoms with Crippen LogP contribution in [-0.4, -0.2) is 39.7 Å². The molecule has 0 aliphatic carbocycles. The van der Waals surface area contributed by atoms with E-state index in [4.69, 9.17) is 0 Å². The third kappa shape index (κ3) is 4.64. The van der Waals surface area contributed by atoms with Crippen LogP contribution in [-0.2, 0) is 11.3 Å². The van der Waals surface area contributed by atoms with E-state index in [-0.39, 0.29) is 11.7 Å². The van der Waals surface area contributed by atoms with E-state index in [1.165, 1.54) is 18.6 Å². The van der Waals surface area contributed by atoms with Gasteiger partial charge in [0.15, 0.2) is 0 Å². The highest BCUT2D eigenvalue weighted by Gasteiger charge is 2.24. The highest BCUT2D eigenvalue weighted by atomic mass is 19.1. The first-order valence-electron chi connectivity index (χ1n) is 8.47. The number of carbonyl (C=O) groups is 1. The van der Waals surface area contributed by atoms with E-state index in [1.54, 1.807) is 18.3 Å². The van der Waals surface area contributed by atoms with Crippen molar-refractivity contribution in [3.8, 4) is 0 Å². The molecule has 0 bridgehead atoms. The molecule has 0 radical (unpaired) electrons. The van der Waals surface area contributed by atoms with Crippen LogP contribution in [0.15, 0.2) is 42.7 Å². The molecule has 3 rings (SSSR count). The van der Waals surface area contributed by atoms with Crippen molar-refractivity contribution in [3.05, 3.63) is 48.5 Å². The molecule has 2 heterocycles. The van der Waals surface area contributed by atoms with E-state index in [1.807, 2.05) is 16.9 Å². The monoisotopic (exact) mass is 330 g/mol. The first kappa shape index (κ1) is 16.6. The Morgan fingerprint density at radius 1 is 1.29 bits per heavy atom. The van der Waals surface area contributed by atoms with E-state index in [0.29, 0.717) is 18.3 Å². The molecule has 0 unspecified atom stereocenters. The number of halogens is 1. The van der Waals surface area contributed by atoms with Gasteiger partial charge in [0.2, 0.25) is 5.91 Å². The van der Waals surface area contributed by atoms with Crippen LogP contribution in [0.1, 0.15) is 25.7 Å². The first-order chi connectivity index (χ1) is 11.7. The van der Waals surface area contributed by atoms with Gasteiger partial charge in [-0.15, -0.1) is 0 Å². The maximum atomic E-state index is 12.9. The fraction of sp³-hybridized carbons (Fsp3) is 0.444. The van der Waals surface area contributed by atoms with Gasteiger partial charge in [-0.25, -0.2) is 4.39 Å². The summed E-state index contributed by atoms with van der Waals surface area (Å²) in [6.45, 7) is 2.19. The summed E-state index contributed by atoms with van der Waals surface area (Å²) >= 11 is 0. The van der Waals surface area contributed by atoms with Crippen molar-refractivity contribution < 1.29 is 9.18 Å². The van der Waals surface area contributed by atoms with Crippen LogP contribution in [0.4, 0.5) is 10.1 Å². The summed E-state index contributed by atoms with van der Waals surface area (Å²) in [4.78, 5) is 14.5. The largest absolute Gasteiger partial charge is 0.325 e. The summed E-state index contributed by atoms with van der Waals surface area (Å²) in [6, 6.07) is 8.20. The van der Waals surface area contributed by atoms with Gasteiger partial charge in [0, 0.05) is 30.7 Å². The van der Waals surface area contributed by atoms with E-state index in [9.17, 15) is 9.18 Å². The minimum Gasteiger partial charge on any atom is -0.325 e. The molecule has 5 nitrogen and oxygen atoms in total. The second kappa shape index (κ2) is 8.06. The zero-order chi connectivity index (χ0) is 16.8. The second-order valence-electron chi connectivity index (χ2n) is 6.23. The van der Waals surface area contributed by atoms with E-state index >= 15 is 0 Å². The van der Waals surface area contributed by atoms with Crippen molar-refractivity contribution >= 4 is 11.6 Å². The summed E-state index contributed by atoms with van der Waals surface area (Å²) < 4.78 is 14.9. The molecule has 1 fully saturated rings. The molecule has 1 aromatic carbocycles. The number of hydrogen-bond donors (Lipinski definition) is 1. The number of aryl methyl sites for hydroxylation is 1. The quantitative estimate of drug-likeness (QED) is 0.886. The predicted molar refractivity (Wildman–Crippen MR) is 91.1 cm³/mol. The van der Waals surface area contributed by atoms with Crippen molar-refractivity contribution in [1.82, 2.24) is 14.7 Å². The zero-order valence-corrected chi connectivity index (χ0v) is 13.7. The Morgan fingerprint density at radius 3 is 2.88 bits per heavy atom. The number of nitrogens with one attached hydrogen (secondary N) is 1. The minimum atomic E-state index is -0.303. The summed E-state index contributed by atoms with van der Waals surface area (Å²) in [5, 5.41) is 7.08. The number of nitrogens with zero attached hydrogens (tertiary/aromatic N) is 3. The Balaban J connectivity index is 1.52. The van der Waals surface area contributed by atoms with Crippen molar-refractivity contribution in [2.75, 3.05) is 18.4 Å². The Labute approximate surface area is 141 Å². The standard InChI is InChI=1S/C18H23FN4O/c19-15-5-7-16(8-6-15)21-18(24)14-22-11-2-1-4-17(22)9-13-23-12-3-10-20-23/h3,5-8,10,12,17H,1-2,4,9,11,13-14H2,(H,21,24)/t17-/m1/s1. The van der Waals surface area contributed by atoms with Gasteiger partial charge < -0.3 is 5.32 Å². The highest BCUT2D eigenvalue weighted by Crippen LogP contribution is 2.20. The van der Waals surface area contributed by atoms with Crippen LogP contribution >= 0.6 is 0 Å². The number of piperidine rings is 1. The lowest BCUT2D eigenvalue weighted by Gasteiger charge is -2.35. The molecule has 24 heavy (non-hydrogen) atoms. The number of anilines is 1. The molecule has 128 valence electrons. The summed E-state index contributed by atoms with van der Waals surface area (Å²) in [7, 11) is 0. The molecule has 1 N–H and O–H groups in total. The van der Waals surface area contributed by atoms with Crippen molar-refractivity contribution in [2.24, 2.45) is 0 Å². The molecule has 0 spiro atoms. The molecule has 1 saturated heterocycles. The molecule has 1 amide bonds. The van der Waals surface area contributed by atoms with E-state index < -0.39 is 0 Å². The van der Waals surface area contributed by atoms with Crippen LogP contribution in [0.2, 0.25) is 0 Å². The maximum Gasteiger partial charge on any atom is 0.238 e. The maximum absolute atomic E-state index is 12.9. The third-order valence-electron chi connectivity index (χ3n) is 4.47.